The molecule has 2 aromatic heterocycles. The maximum atomic E-state index is 6.00. The standard InChI is InChI=1S/C21H16N4/c22-21-18-13-16(9-11-20(18)24-14-25-21)17-7-4-12-23-19(17)10-8-15-5-2-1-3-6-15/h1-14H,(H2,22,24,25)/b10-8+. The number of anilines is 1. The second-order valence-corrected chi connectivity index (χ2v) is 5.67. The molecule has 0 unspecified atom stereocenters. The van der Waals surface area contributed by atoms with Gasteiger partial charge in [-0.15, -0.1) is 0 Å². The van der Waals surface area contributed by atoms with Gasteiger partial charge >= 0.3 is 0 Å². The molecule has 120 valence electrons. The molecule has 2 heterocycles. The van der Waals surface area contributed by atoms with Gasteiger partial charge < -0.3 is 5.73 Å². The second-order valence-electron chi connectivity index (χ2n) is 5.67. The molecule has 0 aliphatic heterocycles. The highest BCUT2D eigenvalue weighted by Crippen LogP contribution is 2.28. The van der Waals surface area contributed by atoms with Gasteiger partial charge in [-0.05, 0) is 35.4 Å². The van der Waals surface area contributed by atoms with Gasteiger partial charge in [0.2, 0.25) is 0 Å². The Balaban J connectivity index is 1.79. The number of aromatic nitrogens is 3. The molecule has 4 nitrogen and oxygen atoms in total. The fraction of sp³-hybridized carbons (Fsp3) is 0. The first-order valence-electron chi connectivity index (χ1n) is 8.00. The van der Waals surface area contributed by atoms with Crippen molar-refractivity contribution >= 4 is 28.9 Å². The largest absolute Gasteiger partial charge is 0.383 e. The number of hydrogen-bond acceptors (Lipinski definition) is 4. The third-order valence-electron chi connectivity index (χ3n) is 4.05. The van der Waals surface area contributed by atoms with Gasteiger partial charge in [0.05, 0.1) is 11.2 Å². The van der Waals surface area contributed by atoms with E-state index in [0.29, 0.717) is 5.82 Å². The summed E-state index contributed by atoms with van der Waals surface area (Å²) in [4.78, 5) is 12.9. The number of nitrogen functional groups attached to an aromatic ring is 1. The van der Waals surface area contributed by atoms with E-state index in [1.54, 1.807) is 6.20 Å². The van der Waals surface area contributed by atoms with Crippen LogP contribution in [0.25, 0.3) is 34.2 Å². The highest BCUT2D eigenvalue weighted by atomic mass is 14.9. The number of nitrogens with two attached hydrogens (primary N) is 1. The van der Waals surface area contributed by atoms with Crippen LogP contribution in [-0.2, 0) is 0 Å². The third kappa shape index (κ3) is 3.10. The van der Waals surface area contributed by atoms with Crippen molar-refractivity contribution in [2.24, 2.45) is 0 Å². The van der Waals surface area contributed by atoms with Gasteiger partial charge in [-0.3, -0.25) is 4.98 Å². The lowest BCUT2D eigenvalue weighted by Crippen LogP contribution is -1.94. The Labute approximate surface area is 145 Å². The molecule has 0 saturated carbocycles. The van der Waals surface area contributed by atoms with Crippen molar-refractivity contribution in [3.05, 3.63) is 84.4 Å². The molecule has 0 bridgehead atoms. The van der Waals surface area contributed by atoms with Crippen LogP contribution in [0, 0.1) is 0 Å². The van der Waals surface area contributed by atoms with Crippen LogP contribution in [-0.4, -0.2) is 15.0 Å². The molecule has 2 aromatic carbocycles. The van der Waals surface area contributed by atoms with E-state index in [-0.39, 0.29) is 0 Å². The van der Waals surface area contributed by atoms with E-state index in [2.05, 4.69) is 39.2 Å². The Morgan fingerprint density at radius 3 is 2.56 bits per heavy atom. The van der Waals surface area contributed by atoms with E-state index < -0.39 is 0 Å². The van der Waals surface area contributed by atoms with Crippen molar-refractivity contribution in [2.75, 3.05) is 5.73 Å². The molecule has 4 rings (SSSR count). The molecule has 0 spiro atoms. The maximum absolute atomic E-state index is 6.00. The first kappa shape index (κ1) is 15.0. The van der Waals surface area contributed by atoms with E-state index in [4.69, 9.17) is 5.73 Å². The lowest BCUT2D eigenvalue weighted by Gasteiger charge is -2.07. The lowest BCUT2D eigenvalue weighted by atomic mass is 10.0. The summed E-state index contributed by atoms with van der Waals surface area (Å²) >= 11 is 0. The Morgan fingerprint density at radius 1 is 0.800 bits per heavy atom. The predicted molar refractivity (Wildman–Crippen MR) is 103 cm³/mol. The quantitative estimate of drug-likeness (QED) is 0.605. The molecule has 0 atom stereocenters. The molecule has 0 amide bonds. The summed E-state index contributed by atoms with van der Waals surface area (Å²) in [5.41, 5.74) is 10.9. The van der Waals surface area contributed by atoms with Crippen molar-refractivity contribution in [3.8, 4) is 11.1 Å². The number of fused-ring (bicyclic) bond motifs is 1. The predicted octanol–water partition coefficient (Wildman–Crippen LogP) is 4.44. The number of nitrogens with zero attached hydrogens (tertiary/aromatic N) is 3. The summed E-state index contributed by atoms with van der Waals surface area (Å²) in [6, 6.07) is 20.2. The van der Waals surface area contributed by atoms with E-state index in [0.717, 1.165) is 33.3 Å². The minimum atomic E-state index is 0.483. The van der Waals surface area contributed by atoms with Crippen LogP contribution in [0.3, 0.4) is 0 Å². The zero-order valence-electron chi connectivity index (χ0n) is 13.5. The van der Waals surface area contributed by atoms with Crippen LogP contribution in [0.4, 0.5) is 5.82 Å². The van der Waals surface area contributed by atoms with Crippen LogP contribution in [0.1, 0.15) is 11.3 Å². The van der Waals surface area contributed by atoms with Gasteiger partial charge in [-0.25, -0.2) is 9.97 Å². The first-order chi connectivity index (χ1) is 12.3. The fourth-order valence-corrected chi connectivity index (χ4v) is 2.78. The van der Waals surface area contributed by atoms with Gasteiger partial charge in [0.1, 0.15) is 12.1 Å². The minimum absolute atomic E-state index is 0.483. The lowest BCUT2D eigenvalue weighted by molar-refractivity contribution is 1.23. The van der Waals surface area contributed by atoms with Crippen molar-refractivity contribution in [1.82, 2.24) is 15.0 Å². The van der Waals surface area contributed by atoms with Crippen LogP contribution >= 0.6 is 0 Å². The van der Waals surface area contributed by atoms with Crippen molar-refractivity contribution in [3.63, 3.8) is 0 Å². The molecule has 0 fully saturated rings. The Kier molecular flexibility index (Phi) is 3.92. The molecule has 0 radical (unpaired) electrons. The van der Waals surface area contributed by atoms with Crippen LogP contribution < -0.4 is 5.73 Å². The normalized spacial score (nSPS) is 11.2. The number of benzene rings is 2. The van der Waals surface area contributed by atoms with Crippen molar-refractivity contribution < 1.29 is 0 Å². The molecule has 0 saturated heterocycles. The summed E-state index contributed by atoms with van der Waals surface area (Å²) < 4.78 is 0. The van der Waals surface area contributed by atoms with E-state index in [1.807, 2.05) is 48.5 Å². The molecular formula is C21H16N4. The number of pyridine rings is 1. The molecule has 4 aromatic rings. The average molecular weight is 324 g/mol. The van der Waals surface area contributed by atoms with Gasteiger partial charge in [-0.1, -0.05) is 48.5 Å². The van der Waals surface area contributed by atoms with Gasteiger partial charge in [-0.2, -0.15) is 0 Å². The van der Waals surface area contributed by atoms with E-state index in [9.17, 15) is 0 Å². The zero-order valence-corrected chi connectivity index (χ0v) is 13.5. The topological polar surface area (TPSA) is 64.7 Å². The summed E-state index contributed by atoms with van der Waals surface area (Å²) in [7, 11) is 0. The van der Waals surface area contributed by atoms with Crippen molar-refractivity contribution in [1.29, 1.82) is 0 Å². The highest BCUT2D eigenvalue weighted by molar-refractivity contribution is 5.92. The molecule has 0 aliphatic carbocycles. The minimum Gasteiger partial charge on any atom is -0.383 e. The second kappa shape index (κ2) is 6.53. The zero-order chi connectivity index (χ0) is 17.1. The van der Waals surface area contributed by atoms with Crippen molar-refractivity contribution in [2.45, 2.75) is 0 Å². The molecular weight excluding hydrogens is 308 g/mol. The monoisotopic (exact) mass is 324 g/mol. The maximum Gasteiger partial charge on any atom is 0.134 e. The SMILES string of the molecule is Nc1ncnc2ccc(-c3cccnc3/C=C/c3ccccc3)cc12. The summed E-state index contributed by atoms with van der Waals surface area (Å²) in [6.07, 6.45) is 7.37. The smallest absolute Gasteiger partial charge is 0.134 e. The number of rotatable bonds is 3. The fourth-order valence-electron chi connectivity index (χ4n) is 2.78. The van der Waals surface area contributed by atoms with Gasteiger partial charge in [0, 0.05) is 17.1 Å². The highest BCUT2D eigenvalue weighted by Gasteiger charge is 2.07. The van der Waals surface area contributed by atoms with Crippen LogP contribution in [0.5, 0.6) is 0 Å². The Bertz CT molecular complexity index is 1060. The average Bonchev–Trinajstić information content (AvgIpc) is 2.68. The van der Waals surface area contributed by atoms with Gasteiger partial charge in [0.25, 0.3) is 0 Å². The number of hydrogen-bond donors (Lipinski definition) is 1. The third-order valence-corrected chi connectivity index (χ3v) is 4.05. The summed E-state index contributed by atoms with van der Waals surface area (Å²) in [5.74, 6) is 0.483. The summed E-state index contributed by atoms with van der Waals surface area (Å²) in [5, 5.41) is 0.849. The first-order valence-corrected chi connectivity index (χ1v) is 8.00. The van der Waals surface area contributed by atoms with E-state index >= 15 is 0 Å². The van der Waals surface area contributed by atoms with E-state index in [1.165, 1.54) is 6.33 Å². The molecule has 4 heteroatoms. The molecule has 25 heavy (non-hydrogen) atoms. The van der Waals surface area contributed by atoms with Crippen LogP contribution in [0.2, 0.25) is 0 Å². The van der Waals surface area contributed by atoms with Gasteiger partial charge in [0.15, 0.2) is 0 Å². The molecule has 2 N–H and O–H groups in total. The Morgan fingerprint density at radius 2 is 1.68 bits per heavy atom. The molecule has 0 aliphatic rings. The van der Waals surface area contributed by atoms with Crippen LogP contribution in [0.15, 0.2) is 73.2 Å². The summed E-state index contributed by atoms with van der Waals surface area (Å²) in [6.45, 7) is 0. The Hall–Kier alpha value is -3.53.